The van der Waals surface area contributed by atoms with Crippen molar-refractivity contribution in [1.82, 2.24) is 10.2 Å². The van der Waals surface area contributed by atoms with Crippen molar-refractivity contribution in [2.24, 2.45) is 4.99 Å². The van der Waals surface area contributed by atoms with Gasteiger partial charge in [-0.15, -0.1) is 0 Å². The van der Waals surface area contributed by atoms with Crippen molar-refractivity contribution in [2.45, 2.75) is 33.2 Å². The van der Waals surface area contributed by atoms with Crippen LogP contribution in [0.2, 0.25) is 0 Å². The maximum absolute atomic E-state index is 11.6. The first-order valence-corrected chi connectivity index (χ1v) is 9.36. The molecule has 1 aliphatic heterocycles. The molecule has 0 saturated heterocycles. The molecule has 1 aromatic carbocycles. The summed E-state index contributed by atoms with van der Waals surface area (Å²) in [7, 11) is 1.98. The zero-order valence-electron chi connectivity index (χ0n) is 16.4. The van der Waals surface area contributed by atoms with Gasteiger partial charge in [0.15, 0.2) is 6.29 Å². The fourth-order valence-corrected chi connectivity index (χ4v) is 2.54. The van der Waals surface area contributed by atoms with Gasteiger partial charge in [0, 0.05) is 55.6 Å². The molecule has 1 aromatic rings. The van der Waals surface area contributed by atoms with Gasteiger partial charge < -0.3 is 15.5 Å². The third-order valence-corrected chi connectivity index (χ3v) is 3.80. The predicted octanol–water partition coefficient (Wildman–Crippen LogP) is 3.56. The van der Waals surface area contributed by atoms with Gasteiger partial charge in [0.25, 0.3) is 0 Å². The number of aldehydes is 1. The Labute approximate surface area is 157 Å². The zero-order valence-corrected chi connectivity index (χ0v) is 16.4. The normalized spacial score (nSPS) is 15.8. The van der Waals surface area contributed by atoms with Crippen LogP contribution in [-0.4, -0.2) is 50.1 Å². The van der Waals surface area contributed by atoms with E-state index in [9.17, 15) is 4.79 Å². The number of hydrogen-bond donors (Lipinski definition) is 2. The third kappa shape index (κ3) is 7.23. The molecule has 0 saturated carbocycles. The zero-order chi connectivity index (χ0) is 19.2. The summed E-state index contributed by atoms with van der Waals surface area (Å²) in [6, 6.07) is 8.04. The molecule has 0 aliphatic carbocycles. The highest BCUT2D eigenvalue weighted by Gasteiger charge is 2.12. The Kier molecular flexibility index (Phi) is 10.7. The van der Waals surface area contributed by atoms with Gasteiger partial charge in [0.1, 0.15) is 0 Å². The SMILES string of the molecule is CC.CCNCCN(C)/C=C(\C=O)c1ccccc1NC1C=NC=CC1. The topological polar surface area (TPSA) is 56.7 Å². The minimum atomic E-state index is 0.149. The van der Waals surface area contributed by atoms with E-state index in [1.54, 1.807) is 6.20 Å². The minimum Gasteiger partial charge on any atom is -0.379 e. The maximum Gasteiger partial charge on any atom is 0.152 e. The van der Waals surface area contributed by atoms with Crippen LogP contribution in [0.5, 0.6) is 0 Å². The predicted molar refractivity (Wildman–Crippen MR) is 113 cm³/mol. The number of likely N-dealkylation sites (N-methyl/N-ethyl adjacent to an activating group) is 2. The Bertz CT molecular complexity index is 622. The number of hydrogen-bond acceptors (Lipinski definition) is 5. The molecule has 142 valence electrons. The van der Waals surface area contributed by atoms with Gasteiger partial charge in [-0.1, -0.05) is 45.0 Å². The number of carbonyl (C=O) groups excluding carboxylic acids is 1. The van der Waals surface area contributed by atoms with E-state index in [2.05, 4.69) is 22.5 Å². The number of nitrogens with one attached hydrogen (secondary N) is 2. The molecule has 1 atom stereocenters. The van der Waals surface area contributed by atoms with Crippen LogP contribution >= 0.6 is 0 Å². The molecule has 0 bridgehead atoms. The largest absolute Gasteiger partial charge is 0.379 e. The molecule has 0 radical (unpaired) electrons. The van der Waals surface area contributed by atoms with Crippen LogP contribution in [0.1, 0.15) is 32.8 Å². The third-order valence-electron chi connectivity index (χ3n) is 3.80. The summed E-state index contributed by atoms with van der Waals surface area (Å²) in [5.41, 5.74) is 2.52. The Morgan fingerprint density at radius 3 is 2.77 bits per heavy atom. The summed E-state index contributed by atoms with van der Waals surface area (Å²) in [6.07, 6.45) is 9.44. The summed E-state index contributed by atoms with van der Waals surface area (Å²) in [6.45, 7) is 8.77. The van der Waals surface area contributed by atoms with Crippen molar-refractivity contribution in [3.05, 3.63) is 48.3 Å². The van der Waals surface area contributed by atoms with E-state index in [1.807, 2.05) is 68.6 Å². The molecule has 5 heteroatoms. The van der Waals surface area contributed by atoms with Crippen molar-refractivity contribution < 1.29 is 4.79 Å². The lowest BCUT2D eigenvalue weighted by Gasteiger charge is -2.20. The number of benzene rings is 1. The van der Waals surface area contributed by atoms with Crippen molar-refractivity contribution >= 4 is 23.8 Å². The van der Waals surface area contributed by atoms with Crippen LogP contribution < -0.4 is 10.6 Å². The van der Waals surface area contributed by atoms with Crippen molar-refractivity contribution in [3.8, 4) is 0 Å². The van der Waals surface area contributed by atoms with Crippen molar-refractivity contribution in [1.29, 1.82) is 0 Å². The smallest absolute Gasteiger partial charge is 0.152 e. The molecule has 0 fully saturated rings. The molecule has 0 spiro atoms. The number of carbonyl (C=O) groups is 1. The Balaban J connectivity index is 0.00000163. The Morgan fingerprint density at radius 1 is 1.35 bits per heavy atom. The summed E-state index contributed by atoms with van der Waals surface area (Å²) < 4.78 is 0. The maximum atomic E-state index is 11.6. The molecule has 1 aliphatic rings. The number of para-hydroxylation sites is 1. The van der Waals surface area contributed by atoms with E-state index in [-0.39, 0.29) is 6.04 Å². The summed E-state index contributed by atoms with van der Waals surface area (Å²) in [4.78, 5) is 17.8. The highest BCUT2D eigenvalue weighted by molar-refractivity contribution is 6.09. The van der Waals surface area contributed by atoms with Gasteiger partial charge in [-0.3, -0.25) is 9.79 Å². The van der Waals surface area contributed by atoms with Crippen molar-refractivity contribution in [3.63, 3.8) is 0 Å². The minimum absolute atomic E-state index is 0.149. The molecular weight excluding hydrogens is 324 g/mol. The molecule has 2 rings (SSSR count). The molecule has 26 heavy (non-hydrogen) atoms. The lowest BCUT2D eigenvalue weighted by Crippen LogP contribution is -2.26. The van der Waals surface area contributed by atoms with Crippen LogP contribution in [-0.2, 0) is 4.79 Å². The lowest BCUT2D eigenvalue weighted by molar-refractivity contribution is -0.103. The van der Waals surface area contributed by atoms with Gasteiger partial charge in [-0.2, -0.15) is 0 Å². The second kappa shape index (κ2) is 12.9. The first-order chi connectivity index (χ1) is 12.7. The summed E-state index contributed by atoms with van der Waals surface area (Å²) >= 11 is 0. The summed E-state index contributed by atoms with van der Waals surface area (Å²) in [5, 5.41) is 6.74. The lowest BCUT2D eigenvalue weighted by atomic mass is 10.0. The monoisotopic (exact) mass is 356 g/mol. The van der Waals surface area contributed by atoms with Gasteiger partial charge in [0.2, 0.25) is 0 Å². The van der Waals surface area contributed by atoms with E-state index in [0.717, 1.165) is 43.6 Å². The average Bonchev–Trinajstić information content (AvgIpc) is 2.69. The van der Waals surface area contributed by atoms with Gasteiger partial charge >= 0.3 is 0 Å². The fourth-order valence-electron chi connectivity index (χ4n) is 2.54. The number of nitrogens with zero attached hydrogens (tertiary/aromatic N) is 2. The standard InChI is InChI=1S/C19H26N4O.C2H6/c1-3-20-11-12-23(2)14-16(15-24)18-8-4-5-9-19(18)22-17-7-6-10-21-13-17;1-2/h4-6,8-10,13-15,17,20,22H,3,7,11-12H2,1-2H3;1-2H3/b16-14+;. The number of rotatable bonds is 9. The highest BCUT2D eigenvalue weighted by atomic mass is 16.1. The Hall–Kier alpha value is -2.40. The molecule has 1 unspecified atom stereocenters. The molecular formula is C21H32N4O. The van der Waals surface area contributed by atoms with E-state index < -0.39 is 0 Å². The van der Waals surface area contributed by atoms with Gasteiger partial charge in [-0.25, -0.2) is 0 Å². The number of allylic oxidation sites excluding steroid dienone is 1. The summed E-state index contributed by atoms with van der Waals surface area (Å²) in [5.74, 6) is 0. The molecule has 0 aromatic heterocycles. The van der Waals surface area contributed by atoms with E-state index in [4.69, 9.17) is 0 Å². The van der Waals surface area contributed by atoms with Gasteiger partial charge in [0.05, 0.1) is 6.04 Å². The number of aliphatic imine (C=N–C) groups is 1. The van der Waals surface area contributed by atoms with E-state index >= 15 is 0 Å². The van der Waals surface area contributed by atoms with Crippen molar-refractivity contribution in [2.75, 3.05) is 32.0 Å². The van der Waals surface area contributed by atoms with Crippen LogP contribution in [0, 0.1) is 0 Å². The molecule has 2 N–H and O–H groups in total. The molecule has 5 nitrogen and oxygen atoms in total. The first-order valence-electron chi connectivity index (χ1n) is 9.36. The highest BCUT2D eigenvalue weighted by Crippen LogP contribution is 2.24. The average molecular weight is 357 g/mol. The van der Waals surface area contributed by atoms with Crippen LogP contribution in [0.25, 0.3) is 5.57 Å². The second-order valence-corrected chi connectivity index (χ2v) is 5.75. The molecule has 0 amide bonds. The number of anilines is 1. The Morgan fingerprint density at radius 2 is 2.12 bits per heavy atom. The second-order valence-electron chi connectivity index (χ2n) is 5.75. The fraction of sp³-hybridized carbons (Fsp3) is 0.429. The van der Waals surface area contributed by atoms with Gasteiger partial charge in [-0.05, 0) is 19.0 Å². The quantitative estimate of drug-likeness (QED) is 0.403. The molecule has 1 heterocycles. The van der Waals surface area contributed by atoms with Crippen LogP contribution in [0.3, 0.4) is 0 Å². The van der Waals surface area contributed by atoms with Crippen LogP contribution in [0.4, 0.5) is 5.69 Å². The van der Waals surface area contributed by atoms with Crippen LogP contribution in [0.15, 0.2) is 47.7 Å². The van der Waals surface area contributed by atoms with E-state index in [1.165, 1.54) is 0 Å². The first kappa shape index (κ1) is 21.6. The van der Waals surface area contributed by atoms with E-state index in [0.29, 0.717) is 5.57 Å².